The zero-order chi connectivity index (χ0) is 17.5. The standard InChI is InChI=1S/C18H25BrN2O3/c1-12-11-15(7-8-16(12)19)21-18(23)14-5-3-13(4-6-14)17(22)20-9-10-24-2/h7-8,11,13-14H,3-6,9-10H2,1-2H3,(H,20,22)(H,21,23). The molecule has 1 aliphatic rings. The summed E-state index contributed by atoms with van der Waals surface area (Å²) in [5.74, 6) is 0.127. The molecule has 0 atom stereocenters. The second-order valence-electron chi connectivity index (χ2n) is 6.29. The lowest BCUT2D eigenvalue weighted by Gasteiger charge is -2.27. The summed E-state index contributed by atoms with van der Waals surface area (Å²) in [4.78, 5) is 24.4. The maximum absolute atomic E-state index is 12.4. The molecule has 0 heterocycles. The second-order valence-corrected chi connectivity index (χ2v) is 7.14. The van der Waals surface area contributed by atoms with Crippen LogP contribution in [0.15, 0.2) is 22.7 Å². The van der Waals surface area contributed by atoms with Gasteiger partial charge in [0.25, 0.3) is 0 Å². The number of nitrogens with one attached hydrogen (secondary N) is 2. The summed E-state index contributed by atoms with van der Waals surface area (Å²) in [5, 5.41) is 5.87. The van der Waals surface area contributed by atoms with Gasteiger partial charge in [0.1, 0.15) is 0 Å². The summed E-state index contributed by atoms with van der Waals surface area (Å²) in [7, 11) is 1.61. The molecule has 2 rings (SSSR count). The van der Waals surface area contributed by atoms with E-state index in [9.17, 15) is 9.59 Å². The number of anilines is 1. The van der Waals surface area contributed by atoms with Crippen LogP contribution in [0, 0.1) is 18.8 Å². The first-order valence-corrected chi connectivity index (χ1v) is 9.14. The van der Waals surface area contributed by atoms with E-state index in [0.29, 0.717) is 13.2 Å². The Labute approximate surface area is 151 Å². The van der Waals surface area contributed by atoms with Crippen LogP contribution in [-0.2, 0) is 14.3 Å². The number of aryl methyl sites for hydroxylation is 1. The topological polar surface area (TPSA) is 67.4 Å². The molecule has 0 spiro atoms. The Hall–Kier alpha value is -1.40. The van der Waals surface area contributed by atoms with Gasteiger partial charge in [0, 0.05) is 35.7 Å². The van der Waals surface area contributed by atoms with Crippen molar-refractivity contribution in [2.45, 2.75) is 32.6 Å². The molecule has 24 heavy (non-hydrogen) atoms. The minimum absolute atomic E-state index is 0.0147. The fourth-order valence-corrected chi connectivity index (χ4v) is 3.25. The first kappa shape index (κ1) is 18.9. The molecule has 1 aliphatic carbocycles. The van der Waals surface area contributed by atoms with Crippen molar-refractivity contribution < 1.29 is 14.3 Å². The Morgan fingerprint density at radius 1 is 1.17 bits per heavy atom. The van der Waals surface area contributed by atoms with E-state index >= 15 is 0 Å². The van der Waals surface area contributed by atoms with Crippen LogP contribution in [0.2, 0.25) is 0 Å². The van der Waals surface area contributed by atoms with Gasteiger partial charge in [-0.1, -0.05) is 15.9 Å². The largest absolute Gasteiger partial charge is 0.383 e. The third kappa shape index (κ3) is 5.31. The molecule has 0 aliphatic heterocycles. The van der Waals surface area contributed by atoms with Crippen molar-refractivity contribution in [2.24, 2.45) is 11.8 Å². The number of carbonyl (C=O) groups excluding carboxylic acids is 2. The molecule has 5 nitrogen and oxygen atoms in total. The fraction of sp³-hybridized carbons (Fsp3) is 0.556. The third-order valence-corrected chi connectivity index (χ3v) is 5.39. The summed E-state index contributed by atoms with van der Waals surface area (Å²) in [6.45, 7) is 3.06. The van der Waals surface area contributed by atoms with Crippen LogP contribution in [0.4, 0.5) is 5.69 Å². The van der Waals surface area contributed by atoms with E-state index in [0.717, 1.165) is 41.4 Å². The summed E-state index contributed by atoms with van der Waals surface area (Å²) in [5.41, 5.74) is 1.91. The highest BCUT2D eigenvalue weighted by Crippen LogP contribution is 2.30. The molecule has 0 unspecified atom stereocenters. The summed E-state index contributed by atoms with van der Waals surface area (Å²) >= 11 is 3.46. The van der Waals surface area contributed by atoms with Crippen molar-refractivity contribution >= 4 is 33.4 Å². The zero-order valence-electron chi connectivity index (χ0n) is 14.2. The highest BCUT2D eigenvalue weighted by Gasteiger charge is 2.29. The molecule has 1 saturated carbocycles. The average Bonchev–Trinajstić information content (AvgIpc) is 2.58. The SMILES string of the molecule is COCCNC(=O)C1CCC(C(=O)Nc2ccc(Br)c(C)c2)CC1. The van der Waals surface area contributed by atoms with Crippen molar-refractivity contribution in [3.63, 3.8) is 0 Å². The van der Waals surface area contributed by atoms with Gasteiger partial charge < -0.3 is 15.4 Å². The molecular formula is C18H25BrN2O3. The smallest absolute Gasteiger partial charge is 0.227 e. The Balaban J connectivity index is 1.79. The quantitative estimate of drug-likeness (QED) is 0.725. The predicted octanol–water partition coefficient (Wildman–Crippen LogP) is 3.27. The molecule has 0 aromatic heterocycles. The maximum atomic E-state index is 12.4. The van der Waals surface area contributed by atoms with E-state index in [1.54, 1.807) is 7.11 Å². The molecule has 0 radical (unpaired) electrons. The monoisotopic (exact) mass is 396 g/mol. The van der Waals surface area contributed by atoms with E-state index in [-0.39, 0.29) is 23.7 Å². The van der Waals surface area contributed by atoms with Gasteiger partial charge in [-0.05, 0) is 56.4 Å². The van der Waals surface area contributed by atoms with Gasteiger partial charge in [-0.15, -0.1) is 0 Å². The van der Waals surface area contributed by atoms with E-state index in [1.807, 2.05) is 25.1 Å². The molecule has 2 amide bonds. The van der Waals surface area contributed by atoms with Crippen molar-refractivity contribution in [3.8, 4) is 0 Å². The van der Waals surface area contributed by atoms with Crippen LogP contribution in [0.25, 0.3) is 0 Å². The van der Waals surface area contributed by atoms with Gasteiger partial charge in [0.15, 0.2) is 0 Å². The maximum Gasteiger partial charge on any atom is 0.227 e. The molecular weight excluding hydrogens is 372 g/mol. The number of ether oxygens (including phenoxy) is 1. The Bertz CT molecular complexity index is 584. The van der Waals surface area contributed by atoms with Crippen LogP contribution in [-0.4, -0.2) is 32.1 Å². The number of hydrogen-bond acceptors (Lipinski definition) is 3. The third-order valence-electron chi connectivity index (χ3n) is 4.50. The first-order valence-electron chi connectivity index (χ1n) is 8.35. The van der Waals surface area contributed by atoms with E-state index in [1.165, 1.54) is 0 Å². The molecule has 0 bridgehead atoms. The molecule has 0 saturated heterocycles. The number of halogens is 1. The van der Waals surface area contributed by atoms with Crippen LogP contribution in [0.5, 0.6) is 0 Å². The van der Waals surface area contributed by atoms with Crippen LogP contribution >= 0.6 is 15.9 Å². The Kier molecular flexibility index (Phi) is 7.24. The highest BCUT2D eigenvalue weighted by molar-refractivity contribution is 9.10. The number of amides is 2. The normalized spacial score (nSPS) is 20.5. The van der Waals surface area contributed by atoms with Gasteiger partial charge in [-0.2, -0.15) is 0 Å². The van der Waals surface area contributed by atoms with Crippen LogP contribution in [0.1, 0.15) is 31.2 Å². The van der Waals surface area contributed by atoms with Crippen molar-refractivity contribution in [2.75, 3.05) is 25.6 Å². The lowest BCUT2D eigenvalue weighted by Crippen LogP contribution is -2.36. The van der Waals surface area contributed by atoms with Crippen molar-refractivity contribution in [1.29, 1.82) is 0 Å². The Morgan fingerprint density at radius 3 is 2.38 bits per heavy atom. The predicted molar refractivity (Wildman–Crippen MR) is 97.8 cm³/mol. The number of benzene rings is 1. The molecule has 1 fully saturated rings. The number of carbonyl (C=O) groups is 2. The molecule has 132 valence electrons. The zero-order valence-corrected chi connectivity index (χ0v) is 15.8. The van der Waals surface area contributed by atoms with Gasteiger partial charge >= 0.3 is 0 Å². The van der Waals surface area contributed by atoms with Crippen LogP contribution in [0.3, 0.4) is 0 Å². The van der Waals surface area contributed by atoms with Gasteiger partial charge in [-0.3, -0.25) is 9.59 Å². The average molecular weight is 397 g/mol. The minimum Gasteiger partial charge on any atom is -0.383 e. The highest BCUT2D eigenvalue weighted by atomic mass is 79.9. The lowest BCUT2D eigenvalue weighted by atomic mass is 9.81. The van der Waals surface area contributed by atoms with Gasteiger partial charge in [0.2, 0.25) is 11.8 Å². The van der Waals surface area contributed by atoms with E-state index in [2.05, 4.69) is 26.6 Å². The van der Waals surface area contributed by atoms with Crippen LogP contribution < -0.4 is 10.6 Å². The summed E-state index contributed by atoms with van der Waals surface area (Å²) < 4.78 is 5.96. The molecule has 2 N–H and O–H groups in total. The number of rotatable bonds is 6. The number of methoxy groups -OCH3 is 1. The number of hydrogen-bond donors (Lipinski definition) is 2. The van der Waals surface area contributed by atoms with E-state index < -0.39 is 0 Å². The molecule has 1 aromatic carbocycles. The van der Waals surface area contributed by atoms with Gasteiger partial charge in [-0.25, -0.2) is 0 Å². The minimum atomic E-state index is -0.0167. The van der Waals surface area contributed by atoms with Crippen molar-refractivity contribution in [1.82, 2.24) is 5.32 Å². The lowest BCUT2D eigenvalue weighted by molar-refractivity contribution is -0.128. The molecule has 1 aromatic rings. The molecule has 6 heteroatoms. The first-order chi connectivity index (χ1) is 11.5. The van der Waals surface area contributed by atoms with E-state index in [4.69, 9.17) is 4.74 Å². The van der Waals surface area contributed by atoms with Gasteiger partial charge in [0.05, 0.1) is 6.61 Å². The van der Waals surface area contributed by atoms with Crippen molar-refractivity contribution in [3.05, 3.63) is 28.2 Å². The summed E-state index contributed by atoms with van der Waals surface area (Å²) in [6, 6.07) is 5.78. The summed E-state index contributed by atoms with van der Waals surface area (Å²) in [6.07, 6.45) is 3.03. The Morgan fingerprint density at radius 2 is 1.79 bits per heavy atom. The fourth-order valence-electron chi connectivity index (χ4n) is 3.01. The second kappa shape index (κ2) is 9.18.